The summed E-state index contributed by atoms with van der Waals surface area (Å²) in [5.74, 6) is -1.03. The van der Waals surface area contributed by atoms with E-state index >= 15 is 0 Å². The van der Waals surface area contributed by atoms with Gasteiger partial charge in [0, 0.05) is 17.6 Å². The largest absolute Gasteiger partial charge is 0.481 e. The normalized spacial score (nSPS) is 15.3. The summed E-state index contributed by atoms with van der Waals surface area (Å²) >= 11 is 3.43. The first-order valence-corrected chi connectivity index (χ1v) is 8.66. The minimum atomic E-state index is -0.893. The highest BCUT2D eigenvalue weighted by Gasteiger charge is 2.34. The Hall–Kier alpha value is -2.14. The summed E-state index contributed by atoms with van der Waals surface area (Å²) in [4.78, 5) is 25.5. The van der Waals surface area contributed by atoms with Gasteiger partial charge in [0.05, 0.1) is 12.3 Å². The van der Waals surface area contributed by atoms with Gasteiger partial charge in [-0.15, -0.1) is 0 Å². The van der Waals surface area contributed by atoms with Gasteiger partial charge in [-0.05, 0) is 35.2 Å². The van der Waals surface area contributed by atoms with Crippen molar-refractivity contribution >= 4 is 27.8 Å². The second kappa shape index (κ2) is 7.18. The van der Waals surface area contributed by atoms with Gasteiger partial charge in [0.15, 0.2) is 0 Å². The lowest BCUT2D eigenvalue weighted by Crippen LogP contribution is -2.40. The molecular formula is C19H18BrNO3. The topological polar surface area (TPSA) is 57.6 Å². The summed E-state index contributed by atoms with van der Waals surface area (Å²) in [7, 11) is 0. The maximum atomic E-state index is 12.9. The van der Waals surface area contributed by atoms with E-state index in [4.69, 9.17) is 5.11 Å². The van der Waals surface area contributed by atoms with E-state index < -0.39 is 5.97 Å². The second-order valence-corrected chi connectivity index (χ2v) is 6.90. The Morgan fingerprint density at radius 1 is 1.17 bits per heavy atom. The Morgan fingerprint density at radius 3 is 2.67 bits per heavy atom. The fourth-order valence-corrected chi connectivity index (χ4v) is 3.50. The van der Waals surface area contributed by atoms with Crippen molar-refractivity contribution in [2.24, 2.45) is 0 Å². The van der Waals surface area contributed by atoms with Gasteiger partial charge in [-0.3, -0.25) is 9.59 Å². The van der Waals surface area contributed by atoms with E-state index in [9.17, 15) is 9.59 Å². The molecule has 1 amide bonds. The summed E-state index contributed by atoms with van der Waals surface area (Å²) < 4.78 is 0.944. The molecule has 0 radical (unpaired) electrons. The zero-order chi connectivity index (χ0) is 17.1. The number of rotatable bonds is 6. The van der Waals surface area contributed by atoms with Crippen LogP contribution in [0.1, 0.15) is 29.0 Å². The number of benzene rings is 2. The quantitative estimate of drug-likeness (QED) is 0.823. The van der Waals surface area contributed by atoms with E-state index in [1.54, 1.807) is 4.90 Å². The van der Waals surface area contributed by atoms with Gasteiger partial charge in [0.25, 0.3) is 0 Å². The maximum absolute atomic E-state index is 12.9. The molecule has 0 bridgehead atoms. The third-order valence-electron chi connectivity index (χ3n) is 4.32. The zero-order valence-corrected chi connectivity index (χ0v) is 14.7. The molecule has 5 heteroatoms. The molecule has 0 aromatic heterocycles. The van der Waals surface area contributed by atoms with Gasteiger partial charge in [-0.25, -0.2) is 0 Å². The average molecular weight is 388 g/mol. The molecular weight excluding hydrogens is 370 g/mol. The third kappa shape index (κ3) is 3.67. The summed E-state index contributed by atoms with van der Waals surface area (Å²) in [6.45, 7) is 0.642. The second-order valence-electron chi connectivity index (χ2n) is 5.99. The predicted molar refractivity (Wildman–Crippen MR) is 94.7 cm³/mol. The highest BCUT2D eigenvalue weighted by atomic mass is 79.9. The van der Waals surface area contributed by atoms with Gasteiger partial charge < -0.3 is 10.0 Å². The Kier molecular flexibility index (Phi) is 5.00. The Labute approximate surface area is 149 Å². The summed E-state index contributed by atoms with van der Waals surface area (Å²) in [6, 6.07) is 15.7. The molecule has 4 nitrogen and oxygen atoms in total. The third-order valence-corrected chi connectivity index (χ3v) is 4.82. The molecule has 1 N–H and O–H groups in total. The molecule has 1 aliphatic rings. The SMILES string of the molecule is O=C(O)CCN(Cc1cccc(Br)c1)C(=O)C1Cc2ccccc21. The highest BCUT2D eigenvalue weighted by molar-refractivity contribution is 9.10. The van der Waals surface area contributed by atoms with Crippen LogP contribution < -0.4 is 0 Å². The number of carbonyl (C=O) groups is 2. The number of carbonyl (C=O) groups excluding carboxylic acids is 1. The Balaban J connectivity index is 1.77. The number of aliphatic carboxylic acids is 1. The van der Waals surface area contributed by atoms with Crippen molar-refractivity contribution in [1.29, 1.82) is 0 Å². The van der Waals surface area contributed by atoms with Crippen molar-refractivity contribution in [2.75, 3.05) is 6.54 Å². The van der Waals surface area contributed by atoms with Gasteiger partial charge >= 0.3 is 5.97 Å². The molecule has 0 saturated carbocycles. The number of hydrogen-bond donors (Lipinski definition) is 1. The maximum Gasteiger partial charge on any atom is 0.305 e. The average Bonchev–Trinajstić information content (AvgIpc) is 2.52. The van der Waals surface area contributed by atoms with Crippen LogP contribution in [-0.4, -0.2) is 28.4 Å². The van der Waals surface area contributed by atoms with Gasteiger partial charge in [0.2, 0.25) is 5.91 Å². The van der Waals surface area contributed by atoms with Crippen LogP contribution in [0.15, 0.2) is 53.0 Å². The fraction of sp³-hybridized carbons (Fsp3) is 0.263. The van der Waals surface area contributed by atoms with E-state index in [1.807, 2.05) is 48.5 Å². The number of hydrogen-bond acceptors (Lipinski definition) is 2. The fourth-order valence-electron chi connectivity index (χ4n) is 3.05. The molecule has 24 heavy (non-hydrogen) atoms. The summed E-state index contributed by atoms with van der Waals surface area (Å²) in [6.07, 6.45) is 0.686. The van der Waals surface area contributed by atoms with Crippen LogP contribution >= 0.6 is 15.9 Å². The van der Waals surface area contributed by atoms with E-state index in [1.165, 1.54) is 5.56 Å². The Bertz CT molecular complexity index is 775. The van der Waals surface area contributed by atoms with Gasteiger partial charge in [-0.2, -0.15) is 0 Å². The molecule has 1 unspecified atom stereocenters. The molecule has 3 rings (SSSR count). The number of carboxylic acid groups (broad SMARTS) is 1. The standard InChI is InChI=1S/C19H18BrNO3/c20-15-6-3-4-13(10-15)12-21(9-8-18(22)23)19(24)17-11-14-5-1-2-7-16(14)17/h1-7,10,17H,8-9,11-12H2,(H,22,23). The number of nitrogens with zero attached hydrogens (tertiary/aromatic N) is 1. The monoisotopic (exact) mass is 387 g/mol. The lowest BCUT2D eigenvalue weighted by Gasteiger charge is -2.34. The van der Waals surface area contributed by atoms with Crippen molar-refractivity contribution in [3.63, 3.8) is 0 Å². The molecule has 2 aromatic carbocycles. The Morgan fingerprint density at radius 2 is 1.96 bits per heavy atom. The zero-order valence-electron chi connectivity index (χ0n) is 13.1. The summed E-state index contributed by atoms with van der Waals surface area (Å²) in [5, 5.41) is 8.98. The number of amides is 1. The lowest BCUT2D eigenvalue weighted by molar-refractivity contribution is -0.139. The molecule has 0 fully saturated rings. The summed E-state index contributed by atoms with van der Waals surface area (Å²) in [5.41, 5.74) is 3.25. The van der Waals surface area contributed by atoms with Crippen LogP contribution in [0, 0.1) is 0 Å². The highest BCUT2D eigenvalue weighted by Crippen LogP contribution is 2.36. The van der Waals surface area contributed by atoms with Gasteiger partial charge in [-0.1, -0.05) is 52.3 Å². The van der Waals surface area contributed by atoms with E-state index in [0.717, 1.165) is 22.0 Å². The molecule has 0 heterocycles. The first-order valence-electron chi connectivity index (χ1n) is 7.87. The molecule has 0 aliphatic heterocycles. The minimum Gasteiger partial charge on any atom is -0.481 e. The van der Waals surface area contributed by atoms with Crippen molar-refractivity contribution < 1.29 is 14.7 Å². The van der Waals surface area contributed by atoms with E-state index in [2.05, 4.69) is 15.9 Å². The lowest BCUT2D eigenvalue weighted by atomic mass is 9.77. The van der Waals surface area contributed by atoms with Crippen LogP contribution in [0.25, 0.3) is 0 Å². The predicted octanol–water partition coefficient (Wildman–Crippen LogP) is 3.59. The molecule has 0 spiro atoms. The first kappa shape index (κ1) is 16.7. The smallest absolute Gasteiger partial charge is 0.305 e. The van der Waals surface area contributed by atoms with Crippen LogP contribution in [0.2, 0.25) is 0 Å². The minimum absolute atomic E-state index is 0.00919. The van der Waals surface area contributed by atoms with Crippen LogP contribution in [-0.2, 0) is 22.6 Å². The van der Waals surface area contributed by atoms with Gasteiger partial charge in [0.1, 0.15) is 0 Å². The van der Waals surface area contributed by atoms with Crippen LogP contribution in [0.5, 0.6) is 0 Å². The molecule has 2 aromatic rings. The van der Waals surface area contributed by atoms with E-state index in [-0.39, 0.29) is 24.8 Å². The number of halogens is 1. The number of carboxylic acids is 1. The van der Waals surface area contributed by atoms with Crippen molar-refractivity contribution in [1.82, 2.24) is 4.90 Å². The number of fused-ring (bicyclic) bond motifs is 1. The molecule has 1 atom stereocenters. The molecule has 1 aliphatic carbocycles. The first-order chi connectivity index (χ1) is 11.5. The van der Waals surface area contributed by atoms with Crippen molar-refractivity contribution in [3.05, 3.63) is 69.7 Å². The van der Waals surface area contributed by atoms with Crippen molar-refractivity contribution in [2.45, 2.75) is 25.3 Å². The molecule has 0 saturated heterocycles. The van der Waals surface area contributed by atoms with E-state index in [0.29, 0.717) is 6.54 Å². The van der Waals surface area contributed by atoms with Crippen LogP contribution in [0.4, 0.5) is 0 Å². The molecule has 124 valence electrons. The van der Waals surface area contributed by atoms with Crippen molar-refractivity contribution in [3.8, 4) is 0 Å². The van der Waals surface area contributed by atoms with Crippen LogP contribution in [0.3, 0.4) is 0 Å².